The van der Waals surface area contributed by atoms with Gasteiger partial charge >= 0.3 is 0 Å². The lowest BCUT2D eigenvalue weighted by molar-refractivity contribution is -0.118. The highest BCUT2D eigenvalue weighted by molar-refractivity contribution is 5.80. The minimum absolute atomic E-state index is 0.296. The first-order valence-electron chi connectivity index (χ1n) is 5.78. The molecule has 0 aliphatic carbocycles. The molecule has 0 N–H and O–H groups in total. The maximum Gasteiger partial charge on any atom is 0.140 e. The normalized spacial score (nSPS) is 10.5. The summed E-state index contributed by atoms with van der Waals surface area (Å²) >= 11 is 0. The van der Waals surface area contributed by atoms with Gasteiger partial charge in [-0.25, -0.2) is 0 Å². The van der Waals surface area contributed by atoms with E-state index in [0.717, 1.165) is 17.7 Å². The summed E-state index contributed by atoms with van der Waals surface area (Å²) in [5.41, 5.74) is 1.08. The van der Waals surface area contributed by atoms with Gasteiger partial charge in [-0.1, -0.05) is 26.2 Å². The van der Waals surface area contributed by atoms with Crippen molar-refractivity contribution in [1.29, 1.82) is 0 Å². The minimum atomic E-state index is 0.296. The Bertz CT molecular complexity index is 299. The zero-order valence-corrected chi connectivity index (χ0v) is 9.71. The van der Waals surface area contributed by atoms with Crippen molar-refractivity contribution in [3.05, 3.63) is 23.7 Å². The molecule has 2 nitrogen and oxygen atoms in total. The zero-order valence-electron chi connectivity index (χ0n) is 9.71. The monoisotopic (exact) mass is 208 g/mol. The first-order chi connectivity index (χ1) is 7.24. The largest absolute Gasteiger partial charge is 0.469 e. The fourth-order valence-electron chi connectivity index (χ4n) is 1.60. The minimum Gasteiger partial charge on any atom is -0.469 e. The molecule has 0 aliphatic heterocycles. The van der Waals surface area contributed by atoms with E-state index in [4.69, 9.17) is 4.42 Å². The summed E-state index contributed by atoms with van der Waals surface area (Å²) in [7, 11) is 0. The fourth-order valence-corrected chi connectivity index (χ4v) is 1.60. The number of aryl methyl sites for hydroxylation is 1. The average Bonchev–Trinajstić information content (AvgIpc) is 2.59. The smallest absolute Gasteiger partial charge is 0.140 e. The van der Waals surface area contributed by atoms with Crippen LogP contribution in [0.2, 0.25) is 0 Å². The zero-order chi connectivity index (χ0) is 11.1. The highest BCUT2D eigenvalue weighted by Crippen LogP contribution is 2.12. The summed E-state index contributed by atoms with van der Waals surface area (Å²) in [6.07, 6.45) is 7.43. The molecule has 0 fully saturated rings. The molecule has 0 bridgehead atoms. The molecule has 0 spiro atoms. The van der Waals surface area contributed by atoms with Gasteiger partial charge in [0.1, 0.15) is 11.5 Å². The number of unbranched alkanes of at least 4 members (excludes halogenated alkanes) is 3. The summed E-state index contributed by atoms with van der Waals surface area (Å²) in [5.74, 6) is 1.12. The van der Waals surface area contributed by atoms with Crippen LogP contribution in [-0.2, 0) is 11.2 Å². The maximum absolute atomic E-state index is 11.6. The number of rotatable bonds is 7. The second kappa shape index (κ2) is 6.44. The topological polar surface area (TPSA) is 30.2 Å². The number of hydrogen-bond donors (Lipinski definition) is 0. The molecule has 1 aromatic heterocycles. The number of carbonyl (C=O) groups excluding carboxylic acids is 1. The predicted molar refractivity (Wildman–Crippen MR) is 60.9 cm³/mol. The molecule has 0 saturated heterocycles. The van der Waals surface area contributed by atoms with Gasteiger partial charge in [-0.3, -0.25) is 4.79 Å². The number of Topliss-reactive ketones (excluding diaryl/α,β-unsaturated/α-hetero) is 1. The Labute approximate surface area is 91.7 Å². The quantitative estimate of drug-likeness (QED) is 0.640. The van der Waals surface area contributed by atoms with Crippen molar-refractivity contribution >= 4 is 5.78 Å². The Balaban J connectivity index is 2.22. The highest BCUT2D eigenvalue weighted by Gasteiger charge is 2.08. The van der Waals surface area contributed by atoms with Gasteiger partial charge in [-0.15, -0.1) is 0 Å². The molecule has 1 heterocycles. The molecule has 0 amide bonds. The van der Waals surface area contributed by atoms with E-state index < -0.39 is 0 Å². The molecule has 0 atom stereocenters. The maximum atomic E-state index is 11.6. The third kappa shape index (κ3) is 4.32. The molecule has 0 saturated carbocycles. The molecule has 2 heteroatoms. The molecular weight excluding hydrogens is 188 g/mol. The van der Waals surface area contributed by atoms with Gasteiger partial charge in [0.2, 0.25) is 0 Å². The van der Waals surface area contributed by atoms with Gasteiger partial charge in [0.15, 0.2) is 0 Å². The number of ketones is 1. The van der Waals surface area contributed by atoms with Crippen LogP contribution in [0.5, 0.6) is 0 Å². The van der Waals surface area contributed by atoms with Gasteiger partial charge in [-0.05, 0) is 25.0 Å². The SMILES string of the molecule is CCCCCCC(=O)Cc1occc1C. The van der Waals surface area contributed by atoms with Crippen LogP contribution in [0.25, 0.3) is 0 Å². The second-order valence-corrected chi connectivity index (χ2v) is 4.05. The van der Waals surface area contributed by atoms with Gasteiger partial charge in [0.05, 0.1) is 12.7 Å². The van der Waals surface area contributed by atoms with Crippen molar-refractivity contribution in [2.24, 2.45) is 0 Å². The second-order valence-electron chi connectivity index (χ2n) is 4.05. The lowest BCUT2D eigenvalue weighted by Gasteiger charge is -1.99. The van der Waals surface area contributed by atoms with Crippen LogP contribution < -0.4 is 0 Å². The van der Waals surface area contributed by atoms with Gasteiger partial charge in [0.25, 0.3) is 0 Å². The van der Waals surface area contributed by atoms with E-state index in [1.165, 1.54) is 19.3 Å². The van der Waals surface area contributed by atoms with Gasteiger partial charge in [0, 0.05) is 6.42 Å². The van der Waals surface area contributed by atoms with Crippen LogP contribution in [0, 0.1) is 6.92 Å². The van der Waals surface area contributed by atoms with Crippen molar-refractivity contribution in [1.82, 2.24) is 0 Å². The molecule has 0 radical (unpaired) electrons. The van der Waals surface area contributed by atoms with Crippen LogP contribution in [0.3, 0.4) is 0 Å². The Morgan fingerprint density at radius 2 is 2.13 bits per heavy atom. The van der Waals surface area contributed by atoms with Crippen molar-refractivity contribution < 1.29 is 9.21 Å². The van der Waals surface area contributed by atoms with Crippen LogP contribution >= 0.6 is 0 Å². The highest BCUT2D eigenvalue weighted by atomic mass is 16.3. The summed E-state index contributed by atoms with van der Waals surface area (Å²) in [6.45, 7) is 4.15. The van der Waals surface area contributed by atoms with Crippen LogP contribution in [0.15, 0.2) is 16.7 Å². The average molecular weight is 208 g/mol. The van der Waals surface area contributed by atoms with Gasteiger partial charge < -0.3 is 4.42 Å². The van der Waals surface area contributed by atoms with Crippen molar-refractivity contribution in [2.75, 3.05) is 0 Å². The standard InChI is InChI=1S/C13H20O2/c1-3-4-5-6-7-12(14)10-13-11(2)8-9-15-13/h8-9H,3-7,10H2,1-2H3. The van der Waals surface area contributed by atoms with E-state index in [0.29, 0.717) is 18.6 Å². The summed E-state index contributed by atoms with van der Waals surface area (Å²) in [5, 5.41) is 0. The van der Waals surface area contributed by atoms with Crippen LogP contribution in [0.1, 0.15) is 50.4 Å². The molecular formula is C13H20O2. The number of furan rings is 1. The Kier molecular flexibility index (Phi) is 5.16. The summed E-state index contributed by atoms with van der Waals surface area (Å²) < 4.78 is 5.24. The first kappa shape index (κ1) is 12.0. The van der Waals surface area contributed by atoms with Crippen LogP contribution in [-0.4, -0.2) is 5.78 Å². The first-order valence-corrected chi connectivity index (χ1v) is 5.78. The third-order valence-corrected chi connectivity index (χ3v) is 2.64. The van der Waals surface area contributed by atoms with Crippen molar-refractivity contribution in [3.63, 3.8) is 0 Å². The lowest BCUT2D eigenvalue weighted by atomic mass is 10.1. The van der Waals surface area contributed by atoms with Crippen molar-refractivity contribution in [3.8, 4) is 0 Å². The molecule has 1 aromatic rings. The van der Waals surface area contributed by atoms with Gasteiger partial charge in [-0.2, -0.15) is 0 Å². The lowest BCUT2D eigenvalue weighted by Crippen LogP contribution is -2.02. The molecule has 0 unspecified atom stereocenters. The molecule has 0 aliphatic rings. The van der Waals surface area contributed by atoms with E-state index in [2.05, 4.69) is 6.92 Å². The molecule has 15 heavy (non-hydrogen) atoms. The summed E-state index contributed by atoms with van der Waals surface area (Å²) in [6, 6.07) is 1.90. The van der Waals surface area contributed by atoms with E-state index in [9.17, 15) is 4.79 Å². The number of hydrogen-bond acceptors (Lipinski definition) is 2. The Hall–Kier alpha value is -1.05. The molecule has 84 valence electrons. The Morgan fingerprint density at radius 1 is 1.33 bits per heavy atom. The molecule has 0 aromatic carbocycles. The molecule has 1 rings (SSSR count). The van der Waals surface area contributed by atoms with E-state index in [-0.39, 0.29) is 0 Å². The Morgan fingerprint density at radius 3 is 2.73 bits per heavy atom. The predicted octanol–water partition coefficient (Wildman–Crippen LogP) is 3.67. The van der Waals surface area contributed by atoms with E-state index in [1.807, 2.05) is 13.0 Å². The van der Waals surface area contributed by atoms with E-state index in [1.54, 1.807) is 6.26 Å². The van der Waals surface area contributed by atoms with Crippen LogP contribution in [0.4, 0.5) is 0 Å². The fraction of sp³-hybridized carbons (Fsp3) is 0.615. The number of carbonyl (C=O) groups is 1. The van der Waals surface area contributed by atoms with E-state index >= 15 is 0 Å². The van der Waals surface area contributed by atoms with Crippen molar-refractivity contribution in [2.45, 2.75) is 52.4 Å². The third-order valence-electron chi connectivity index (χ3n) is 2.64. The summed E-state index contributed by atoms with van der Waals surface area (Å²) in [4.78, 5) is 11.6.